The molecule has 1 saturated heterocycles. The van der Waals surface area contributed by atoms with Crippen LogP contribution in [0.4, 0.5) is 11.4 Å². The van der Waals surface area contributed by atoms with Crippen molar-refractivity contribution in [1.82, 2.24) is 0 Å². The van der Waals surface area contributed by atoms with Crippen LogP contribution in [0.1, 0.15) is 111 Å². The van der Waals surface area contributed by atoms with Crippen molar-refractivity contribution < 1.29 is 15.3 Å². The predicted molar refractivity (Wildman–Crippen MR) is 174 cm³/mol. The van der Waals surface area contributed by atoms with Crippen LogP contribution in [-0.4, -0.2) is 17.3 Å². The number of anilines is 2. The summed E-state index contributed by atoms with van der Waals surface area (Å²) >= 11 is -1.82. The third kappa shape index (κ3) is 6.04. The SMILES string of the molecule is C=C[CH](c1ccccc1)[Pd]([Cl])=[C]1N(c2cccc(C(C)C)c2C(C)C)CCN1c1cccc(C(C)C)c1C(C)C. The number of benzene rings is 3. The molecule has 0 amide bonds. The van der Waals surface area contributed by atoms with E-state index in [1.54, 1.807) is 0 Å². The van der Waals surface area contributed by atoms with Gasteiger partial charge in [0.25, 0.3) is 0 Å². The number of hydrogen-bond acceptors (Lipinski definition) is 2. The summed E-state index contributed by atoms with van der Waals surface area (Å²) in [6.07, 6.45) is 2.08. The molecular weight excluding hydrogens is 602 g/mol. The van der Waals surface area contributed by atoms with Crippen LogP contribution in [0.2, 0.25) is 0 Å². The number of allylic oxidation sites excluding steroid dienone is 1. The molecule has 3 aromatic carbocycles. The summed E-state index contributed by atoms with van der Waals surface area (Å²) in [5.74, 6) is 1.75. The van der Waals surface area contributed by atoms with E-state index in [1.165, 1.54) is 43.4 Å². The second kappa shape index (κ2) is 13.2. The molecule has 0 saturated carbocycles. The molecule has 0 aliphatic carbocycles. The topological polar surface area (TPSA) is 6.48 Å². The molecule has 1 heterocycles. The Morgan fingerprint density at radius 1 is 0.650 bits per heavy atom. The van der Waals surface area contributed by atoms with Crippen molar-refractivity contribution >= 4 is 25.1 Å². The van der Waals surface area contributed by atoms with Gasteiger partial charge in [-0.25, -0.2) is 0 Å². The summed E-state index contributed by atoms with van der Waals surface area (Å²) in [6.45, 7) is 24.6. The van der Waals surface area contributed by atoms with Gasteiger partial charge >= 0.3 is 254 Å². The van der Waals surface area contributed by atoms with E-state index in [0.717, 1.165) is 13.1 Å². The van der Waals surface area contributed by atoms with Crippen molar-refractivity contribution in [3.63, 3.8) is 0 Å². The standard InChI is InChI=1S/C27H38N2.C9H9.ClH.Pd/c1-18(2)22-11-9-13-24(26(22)20(5)6)28-15-16-29(17-28)25-14-10-12-23(19(3)4)27(25)21(7)8;1-2-6-9-7-4-3-5-8-9;;/h9-14,18-21H,15-16H2,1-8H3;2-8H,1H2;1H;/q;;;+1/p-1. The van der Waals surface area contributed by atoms with E-state index in [-0.39, 0.29) is 4.39 Å². The normalized spacial score (nSPS) is 15.1. The molecule has 1 unspecified atom stereocenters. The molecule has 1 aliphatic heterocycles. The number of rotatable bonds is 9. The van der Waals surface area contributed by atoms with Gasteiger partial charge in [0.2, 0.25) is 0 Å². The molecule has 1 atom stereocenters. The quantitative estimate of drug-likeness (QED) is 0.168. The van der Waals surface area contributed by atoms with Crippen LogP contribution in [0.3, 0.4) is 0 Å². The van der Waals surface area contributed by atoms with Crippen LogP contribution in [0, 0.1) is 0 Å². The van der Waals surface area contributed by atoms with Crippen LogP contribution in [0.5, 0.6) is 0 Å². The van der Waals surface area contributed by atoms with E-state index >= 15 is 0 Å². The number of halogens is 1. The van der Waals surface area contributed by atoms with Crippen LogP contribution < -0.4 is 9.80 Å². The second-order valence-electron chi connectivity index (χ2n) is 12.0. The van der Waals surface area contributed by atoms with Gasteiger partial charge in [0, 0.05) is 0 Å². The van der Waals surface area contributed by atoms with Crippen molar-refractivity contribution in [2.45, 2.75) is 83.5 Å². The van der Waals surface area contributed by atoms with E-state index in [9.17, 15) is 0 Å². The minimum atomic E-state index is -1.82. The van der Waals surface area contributed by atoms with Crippen molar-refractivity contribution in [2.75, 3.05) is 22.9 Å². The first-order valence-corrected chi connectivity index (χ1v) is 18.4. The zero-order chi connectivity index (χ0) is 29.1. The Balaban J connectivity index is 2.01. The fourth-order valence-electron chi connectivity index (χ4n) is 5.99. The van der Waals surface area contributed by atoms with Gasteiger partial charge < -0.3 is 0 Å². The van der Waals surface area contributed by atoms with Crippen molar-refractivity contribution in [3.8, 4) is 0 Å². The van der Waals surface area contributed by atoms with E-state index in [4.69, 9.17) is 9.53 Å². The Morgan fingerprint density at radius 3 is 1.48 bits per heavy atom. The van der Waals surface area contributed by atoms with Crippen LogP contribution in [0.25, 0.3) is 0 Å². The first kappa shape index (κ1) is 30.8. The first-order chi connectivity index (χ1) is 19.1. The van der Waals surface area contributed by atoms with Crippen LogP contribution in [0.15, 0.2) is 79.4 Å². The molecule has 1 fully saturated rings. The molecule has 1 aliphatic rings. The molecule has 218 valence electrons. The number of hydrogen-bond donors (Lipinski definition) is 0. The molecule has 2 nitrogen and oxygen atoms in total. The summed E-state index contributed by atoms with van der Waals surface area (Å²) < 4.78 is 1.37. The Labute approximate surface area is 252 Å². The fraction of sp³-hybridized carbons (Fsp3) is 0.417. The third-order valence-electron chi connectivity index (χ3n) is 7.77. The average Bonchev–Trinajstić information content (AvgIpc) is 3.37. The summed E-state index contributed by atoms with van der Waals surface area (Å²) in [7, 11) is 7.77. The fourth-order valence-corrected chi connectivity index (χ4v) is 10.6. The number of nitrogens with zero attached hydrogens (tertiary/aromatic N) is 2. The van der Waals surface area contributed by atoms with E-state index in [1.807, 2.05) is 0 Å². The zero-order valence-electron chi connectivity index (χ0n) is 25.5. The predicted octanol–water partition coefficient (Wildman–Crippen LogP) is 10.3. The van der Waals surface area contributed by atoms with E-state index in [0.29, 0.717) is 23.7 Å². The molecule has 40 heavy (non-hydrogen) atoms. The molecule has 0 radical (unpaired) electrons. The molecule has 4 heteroatoms. The van der Waals surface area contributed by atoms with Crippen molar-refractivity contribution in [2.24, 2.45) is 0 Å². The van der Waals surface area contributed by atoms with Gasteiger partial charge in [-0.2, -0.15) is 0 Å². The zero-order valence-corrected chi connectivity index (χ0v) is 27.8. The van der Waals surface area contributed by atoms with E-state index in [2.05, 4.69) is 145 Å². The van der Waals surface area contributed by atoms with Gasteiger partial charge in [-0.3, -0.25) is 0 Å². The Kier molecular flexibility index (Phi) is 10.2. The maximum atomic E-state index is 7.77. The van der Waals surface area contributed by atoms with Crippen LogP contribution in [-0.2, 0) is 15.3 Å². The summed E-state index contributed by atoms with van der Waals surface area (Å²) in [6, 6.07) is 24.4. The summed E-state index contributed by atoms with van der Waals surface area (Å²) in [5.41, 5.74) is 9.63. The van der Waals surface area contributed by atoms with Gasteiger partial charge in [0.1, 0.15) is 0 Å². The molecule has 0 spiro atoms. The monoisotopic (exact) mass is 648 g/mol. The Hall–Kier alpha value is -2.18. The molecule has 0 N–H and O–H groups in total. The Morgan fingerprint density at radius 2 is 1.10 bits per heavy atom. The first-order valence-electron chi connectivity index (χ1n) is 14.7. The van der Waals surface area contributed by atoms with Gasteiger partial charge in [0.05, 0.1) is 0 Å². The van der Waals surface area contributed by atoms with Gasteiger partial charge in [-0.05, 0) is 0 Å². The van der Waals surface area contributed by atoms with Crippen LogP contribution >= 0.6 is 9.53 Å². The maximum absolute atomic E-state index is 7.77. The van der Waals surface area contributed by atoms with Gasteiger partial charge in [0.15, 0.2) is 0 Å². The van der Waals surface area contributed by atoms with Crippen molar-refractivity contribution in [3.05, 3.63) is 107 Å². The molecule has 4 rings (SSSR count). The summed E-state index contributed by atoms with van der Waals surface area (Å²) in [4.78, 5) is 5.14. The second-order valence-corrected chi connectivity index (χ2v) is 16.2. The third-order valence-corrected chi connectivity index (χ3v) is 12.5. The molecule has 3 aromatic rings. The summed E-state index contributed by atoms with van der Waals surface area (Å²) in [5, 5.41) is 0. The Bertz CT molecular complexity index is 1280. The molecule has 0 aromatic heterocycles. The molecule has 0 bridgehead atoms. The van der Waals surface area contributed by atoms with E-state index < -0.39 is 15.3 Å². The van der Waals surface area contributed by atoms with Gasteiger partial charge in [-0.15, -0.1) is 0 Å². The minimum absolute atomic E-state index is 0.0959. The molecular formula is C36H47ClN2Pd. The van der Waals surface area contributed by atoms with Gasteiger partial charge in [-0.1, -0.05) is 0 Å². The average molecular weight is 650 g/mol. The van der Waals surface area contributed by atoms with Crippen molar-refractivity contribution in [1.29, 1.82) is 0 Å².